The molecule has 2 aromatic rings. The molecule has 9 nitrogen and oxygen atoms in total. The molecule has 4 rings (SSSR count). The molecule has 0 aromatic heterocycles. The van der Waals surface area contributed by atoms with Gasteiger partial charge in [0.05, 0.1) is 0 Å². The van der Waals surface area contributed by atoms with Crippen LogP contribution in [0.4, 0.5) is 11.4 Å². The highest BCUT2D eigenvalue weighted by molar-refractivity contribution is 6.09. The Hall–Kier alpha value is -3.63. The van der Waals surface area contributed by atoms with Gasteiger partial charge in [-0.15, -0.1) is 0 Å². The molecule has 2 aromatic carbocycles. The Kier molecular flexibility index (Phi) is 11.0. The minimum atomic E-state index is -0.401. The molecule has 2 heterocycles. The molecule has 2 amide bonds. The Morgan fingerprint density at radius 2 is 1.27 bits per heavy atom. The van der Waals surface area contributed by atoms with Gasteiger partial charge >= 0.3 is 0 Å². The molecule has 2 aliphatic rings. The highest BCUT2D eigenvalue weighted by atomic mass is 16.2. The van der Waals surface area contributed by atoms with Gasteiger partial charge in [0, 0.05) is 75.5 Å². The first-order valence-corrected chi connectivity index (χ1v) is 14.5. The van der Waals surface area contributed by atoms with E-state index in [1.165, 1.54) is 34.5 Å². The topological polar surface area (TPSA) is 129 Å². The van der Waals surface area contributed by atoms with Crippen LogP contribution in [0.15, 0.2) is 65.3 Å². The second-order valence-electron chi connectivity index (χ2n) is 10.6. The van der Waals surface area contributed by atoms with E-state index in [1.54, 1.807) is 6.92 Å². The minimum Gasteiger partial charge on any atom is -0.329 e. The summed E-state index contributed by atoms with van der Waals surface area (Å²) in [5, 5.41) is 5.87. The van der Waals surface area contributed by atoms with Gasteiger partial charge < -0.3 is 31.9 Å². The number of anilines is 2. The number of nitrogens with two attached hydrogens (primary N) is 2. The summed E-state index contributed by atoms with van der Waals surface area (Å²) in [6.07, 6.45) is 6.68. The van der Waals surface area contributed by atoms with Gasteiger partial charge in [-0.2, -0.15) is 0 Å². The average Bonchev–Trinajstić information content (AvgIpc) is 3.29. The number of rotatable bonds is 10. The third-order valence-electron chi connectivity index (χ3n) is 7.71. The molecule has 0 saturated heterocycles. The van der Waals surface area contributed by atoms with Gasteiger partial charge in [-0.1, -0.05) is 18.7 Å². The summed E-state index contributed by atoms with van der Waals surface area (Å²) in [5.74, 6) is -0.783. The van der Waals surface area contributed by atoms with E-state index in [0.29, 0.717) is 24.5 Å². The van der Waals surface area contributed by atoms with Crippen LogP contribution in [0, 0.1) is 0 Å². The van der Waals surface area contributed by atoms with E-state index in [-0.39, 0.29) is 17.2 Å². The summed E-state index contributed by atoms with van der Waals surface area (Å²) in [5.41, 5.74) is 18.2. The summed E-state index contributed by atoms with van der Waals surface area (Å²) in [6, 6.07) is 12.0. The van der Waals surface area contributed by atoms with Crippen LogP contribution >= 0.6 is 0 Å². The molecule has 0 unspecified atom stereocenters. The van der Waals surface area contributed by atoms with Gasteiger partial charge in [0.15, 0.2) is 0 Å². The number of benzene rings is 2. The van der Waals surface area contributed by atoms with Gasteiger partial charge in [-0.05, 0) is 85.2 Å². The van der Waals surface area contributed by atoms with Crippen molar-refractivity contribution in [1.29, 1.82) is 0 Å². The molecule has 0 fully saturated rings. The number of carbonyl (C=O) groups excluding carboxylic acids is 2. The average molecular weight is 558 g/mol. The number of hydrogen-bond acceptors (Lipinski definition) is 7. The van der Waals surface area contributed by atoms with Gasteiger partial charge in [0.1, 0.15) is 5.70 Å². The molecule has 0 aliphatic carbocycles. The van der Waals surface area contributed by atoms with Crippen molar-refractivity contribution in [3.05, 3.63) is 82.6 Å². The zero-order valence-corrected chi connectivity index (χ0v) is 24.1. The summed E-state index contributed by atoms with van der Waals surface area (Å²) in [7, 11) is 0. The zero-order chi connectivity index (χ0) is 29.2. The minimum absolute atomic E-state index is 0.110. The van der Waals surface area contributed by atoms with Crippen molar-refractivity contribution in [2.75, 3.05) is 63.0 Å². The smallest absolute Gasteiger partial charge is 0.274 e. The van der Waals surface area contributed by atoms with Crippen LogP contribution in [0.1, 0.15) is 29.2 Å². The number of amides is 2. The Balaban J connectivity index is 1.40. The van der Waals surface area contributed by atoms with Crippen molar-refractivity contribution in [2.24, 2.45) is 16.5 Å². The standard InChI is InChI=1S/C32H43N7O2/c1-3-35-30(32(41)37-29-7-5-25-9-15-39(19-13-34)17-11-27(25)22-29)20-23(2)31(40)36-28-6-4-24-8-14-38(18-12-33)16-10-26(24)21-28/h3-7,20-22H,2,8-19,33-34H2,1H3,(H,36,40)(H,37,41)/b30-20-,35-3?. The Labute approximate surface area is 243 Å². The van der Waals surface area contributed by atoms with Crippen molar-refractivity contribution >= 4 is 29.4 Å². The molecule has 218 valence electrons. The quantitative estimate of drug-likeness (QED) is 0.202. The van der Waals surface area contributed by atoms with E-state index in [0.717, 1.165) is 65.0 Å². The molecule has 2 aliphatic heterocycles. The van der Waals surface area contributed by atoms with Gasteiger partial charge in [-0.25, -0.2) is 0 Å². The number of carbonyl (C=O) groups is 2. The van der Waals surface area contributed by atoms with Crippen LogP contribution in [-0.4, -0.2) is 80.2 Å². The summed E-state index contributed by atoms with van der Waals surface area (Å²) in [6.45, 7) is 12.6. The Bertz CT molecular complexity index is 1320. The van der Waals surface area contributed by atoms with Crippen LogP contribution < -0.4 is 22.1 Å². The normalized spacial score (nSPS) is 16.4. The molecule has 0 spiro atoms. The van der Waals surface area contributed by atoms with Crippen LogP contribution in [0.5, 0.6) is 0 Å². The highest BCUT2D eigenvalue weighted by Gasteiger charge is 2.18. The molecule has 0 atom stereocenters. The zero-order valence-electron chi connectivity index (χ0n) is 24.1. The van der Waals surface area contributed by atoms with E-state index in [2.05, 4.69) is 44.1 Å². The van der Waals surface area contributed by atoms with Crippen LogP contribution in [0.3, 0.4) is 0 Å². The monoisotopic (exact) mass is 557 g/mol. The third-order valence-corrected chi connectivity index (χ3v) is 7.71. The first-order chi connectivity index (χ1) is 19.9. The second-order valence-corrected chi connectivity index (χ2v) is 10.6. The lowest BCUT2D eigenvalue weighted by atomic mass is 10.0. The lowest BCUT2D eigenvalue weighted by Crippen LogP contribution is -2.31. The molecular formula is C32H43N7O2. The summed E-state index contributed by atoms with van der Waals surface area (Å²) >= 11 is 0. The number of nitrogens with one attached hydrogen (secondary N) is 2. The molecule has 0 saturated carbocycles. The number of aliphatic imine (C=N–C) groups is 1. The predicted molar refractivity (Wildman–Crippen MR) is 167 cm³/mol. The second kappa shape index (κ2) is 14.8. The first-order valence-electron chi connectivity index (χ1n) is 14.5. The Morgan fingerprint density at radius 1 is 0.805 bits per heavy atom. The van der Waals surface area contributed by atoms with Gasteiger partial charge in [0.25, 0.3) is 11.8 Å². The maximum Gasteiger partial charge on any atom is 0.274 e. The fourth-order valence-corrected chi connectivity index (χ4v) is 5.45. The maximum absolute atomic E-state index is 13.2. The van der Waals surface area contributed by atoms with E-state index >= 15 is 0 Å². The fraction of sp³-hybridized carbons (Fsp3) is 0.406. The van der Waals surface area contributed by atoms with Crippen molar-refractivity contribution in [3.63, 3.8) is 0 Å². The van der Waals surface area contributed by atoms with Crippen LogP contribution in [-0.2, 0) is 35.3 Å². The molecular weight excluding hydrogens is 514 g/mol. The maximum atomic E-state index is 13.2. The van der Waals surface area contributed by atoms with Crippen LogP contribution in [0.2, 0.25) is 0 Å². The molecule has 6 N–H and O–H groups in total. The van der Waals surface area contributed by atoms with E-state index in [4.69, 9.17) is 11.5 Å². The fourth-order valence-electron chi connectivity index (χ4n) is 5.45. The summed E-state index contributed by atoms with van der Waals surface area (Å²) in [4.78, 5) is 35.1. The molecule has 9 heteroatoms. The third kappa shape index (κ3) is 8.43. The van der Waals surface area contributed by atoms with Crippen molar-refractivity contribution in [1.82, 2.24) is 9.80 Å². The van der Waals surface area contributed by atoms with Crippen LogP contribution in [0.25, 0.3) is 0 Å². The number of nitrogens with zero attached hydrogens (tertiary/aromatic N) is 3. The van der Waals surface area contributed by atoms with Crippen molar-refractivity contribution in [2.45, 2.75) is 32.6 Å². The lowest BCUT2D eigenvalue weighted by molar-refractivity contribution is -0.113. The predicted octanol–water partition coefficient (Wildman–Crippen LogP) is 2.51. The van der Waals surface area contributed by atoms with E-state index in [9.17, 15) is 9.59 Å². The van der Waals surface area contributed by atoms with E-state index in [1.807, 2.05) is 24.3 Å². The molecule has 41 heavy (non-hydrogen) atoms. The van der Waals surface area contributed by atoms with Crippen molar-refractivity contribution < 1.29 is 9.59 Å². The number of hydrogen-bond donors (Lipinski definition) is 4. The van der Waals surface area contributed by atoms with Gasteiger partial charge in [0.2, 0.25) is 0 Å². The largest absolute Gasteiger partial charge is 0.329 e. The van der Waals surface area contributed by atoms with Crippen molar-refractivity contribution in [3.8, 4) is 0 Å². The summed E-state index contributed by atoms with van der Waals surface area (Å²) < 4.78 is 0. The lowest BCUT2D eigenvalue weighted by Gasteiger charge is -2.17. The number of fused-ring (bicyclic) bond motifs is 2. The molecule has 0 radical (unpaired) electrons. The highest BCUT2D eigenvalue weighted by Crippen LogP contribution is 2.23. The first kappa shape index (κ1) is 30.3. The van der Waals surface area contributed by atoms with E-state index < -0.39 is 5.91 Å². The Morgan fingerprint density at radius 3 is 1.73 bits per heavy atom. The molecule has 0 bridgehead atoms. The van der Waals surface area contributed by atoms with Gasteiger partial charge in [-0.3, -0.25) is 14.6 Å². The SMILES string of the molecule is C=C(/C=C(\N=CC)C(=O)Nc1ccc2c(c1)CCN(CCN)CC2)C(=O)Nc1ccc2c(c1)CCN(CCN)CC2.